The Morgan fingerprint density at radius 2 is 0.922 bits per heavy atom. The van der Waals surface area contributed by atoms with Crippen LogP contribution >= 0.6 is 0 Å². The fraction of sp³-hybridized carbons (Fsp3) is 0. The van der Waals surface area contributed by atoms with Crippen molar-refractivity contribution in [1.82, 2.24) is 0 Å². The Morgan fingerprint density at radius 3 is 1.71 bits per heavy atom. The van der Waals surface area contributed by atoms with E-state index in [1.54, 1.807) is 6.07 Å². The van der Waals surface area contributed by atoms with Crippen LogP contribution in [0.15, 0.2) is 192 Å². The van der Waals surface area contributed by atoms with Gasteiger partial charge in [0.25, 0.3) is 0 Å². The molecule has 242 valence electrons. The molecular weight excluding hydrogens is 623 g/mol. The van der Waals surface area contributed by atoms with Crippen molar-refractivity contribution in [3.63, 3.8) is 0 Å². The number of fused-ring (bicyclic) bond motifs is 3. The fourth-order valence-electron chi connectivity index (χ4n) is 7.04. The second-order valence-corrected chi connectivity index (χ2v) is 12.8. The van der Waals surface area contributed by atoms with Gasteiger partial charge in [0.1, 0.15) is 16.9 Å². The van der Waals surface area contributed by atoms with E-state index in [0.29, 0.717) is 0 Å². The third-order valence-corrected chi connectivity index (χ3v) is 9.61. The van der Waals surface area contributed by atoms with E-state index in [1.807, 2.05) is 54.6 Å². The second kappa shape index (κ2) is 12.9. The summed E-state index contributed by atoms with van der Waals surface area (Å²) < 4.78 is 6.03. The first kappa shape index (κ1) is 30.2. The van der Waals surface area contributed by atoms with Crippen LogP contribution in [0, 0.1) is 0 Å². The molecule has 0 atom stereocenters. The molecule has 0 radical (unpaired) electrons. The number of anilines is 2. The Bertz CT molecular complexity index is 2650. The molecule has 0 amide bonds. The highest BCUT2D eigenvalue weighted by atomic mass is 16.3. The van der Waals surface area contributed by atoms with Gasteiger partial charge in [-0.15, -0.1) is 0 Å². The molecule has 8 aromatic carbocycles. The third kappa shape index (κ3) is 5.81. The number of aromatic hydroxyl groups is 1. The lowest BCUT2D eigenvalue weighted by atomic mass is 9.91. The van der Waals surface area contributed by atoms with Gasteiger partial charge in [-0.25, -0.2) is 0 Å². The quantitative estimate of drug-likeness (QED) is 0.180. The predicted molar refractivity (Wildman–Crippen MR) is 212 cm³/mol. The maximum Gasteiger partial charge on any atom is 0.135 e. The SMILES string of the molecule is Oc1cccc(Nc2ccc(-c3ccc4oc5ccccc5c4c3)cc2)c1-c1ccccc1-c1ccc(-c2cccc(-c3ccccc3)c2)cc1. The van der Waals surface area contributed by atoms with Gasteiger partial charge >= 0.3 is 0 Å². The molecule has 3 heteroatoms. The van der Waals surface area contributed by atoms with Crippen molar-refractivity contribution in [1.29, 1.82) is 0 Å². The van der Waals surface area contributed by atoms with Crippen molar-refractivity contribution in [3.8, 4) is 61.4 Å². The maximum atomic E-state index is 11.3. The van der Waals surface area contributed by atoms with Crippen LogP contribution in [0.1, 0.15) is 0 Å². The first-order valence-corrected chi connectivity index (χ1v) is 17.1. The summed E-state index contributed by atoms with van der Waals surface area (Å²) in [6.07, 6.45) is 0. The molecule has 0 aliphatic rings. The van der Waals surface area contributed by atoms with Crippen LogP contribution in [-0.2, 0) is 0 Å². The molecule has 0 bridgehead atoms. The topological polar surface area (TPSA) is 45.4 Å². The van der Waals surface area contributed by atoms with Gasteiger partial charge in [0.15, 0.2) is 0 Å². The predicted octanol–water partition coefficient (Wildman–Crippen LogP) is 13.4. The van der Waals surface area contributed by atoms with Gasteiger partial charge in [0.05, 0.1) is 5.69 Å². The molecule has 51 heavy (non-hydrogen) atoms. The minimum atomic E-state index is 0.221. The van der Waals surface area contributed by atoms with Gasteiger partial charge in [-0.2, -0.15) is 0 Å². The van der Waals surface area contributed by atoms with Crippen LogP contribution in [0.4, 0.5) is 11.4 Å². The minimum absolute atomic E-state index is 0.221. The number of hydrogen-bond donors (Lipinski definition) is 2. The highest BCUT2D eigenvalue weighted by Crippen LogP contribution is 2.43. The van der Waals surface area contributed by atoms with E-state index < -0.39 is 0 Å². The smallest absolute Gasteiger partial charge is 0.135 e. The zero-order valence-corrected chi connectivity index (χ0v) is 27.8. The maximum absolute atomic E-state index is 11.3. The van der Waals surface area contributed by atoms with E-state index in [2.05, 4.69) is 133 Å². The standard InChI is InChI=1S/C48H33NO2/c50-45-18-9-17-44(49-39-27-24-34(25-28-39)38-26-29-47-43(31-38)41-15-6-7-19-46(41)51-47)48(45)42-16-5-4-14-40(42)35-22-20-33(21-23-35)37-13-8-12-36(30-37)32-10-2-1-3-11-32/h1-31,49-50H. The number of hydrogen-bond acceptors (Lipinski definition) is 3. The molecule has 3 nitrogen and oxygen atoms in total. The first-order chi connectivity index (χ1) is 25.2. The van der Waals surface area contributed by atoms with Crippen molar-refractivity contribution in [2.24, 2.45) is 0 Å². The fourth-order valence-corrected chi connectivity index (χ4v) is 7.04. The van der Waals surface area contributed by atoms with E-state index in [4.69, 9.17) is 4.42 Å². The number of phenolic OH excluding ortho intramolecular Hbond substituents is 1. The van der Waals surface area contributed by atoms with E-state index in [-0.39, 0.29) is 5.75 Å². The number of para-hydroxylation sites is 1. The average Bonchev–Trinajstić information content (AvgIpc) is 3.57. The first-order valence-electron chi connectivity index (χ1n) is 17.1. The lowest BCUT2D eigenvalue weighted by Crippen LogP contribution is -1.95. The summed E-state index contributed by atoms with van der Waals surface area (Å²) in [5, 5.41) is 17.1. The van der Waals surface area contributed by atoms with Gasteiger partial charge in [-0.05, 0) is 98.6 Å². The summed E-state index contributed by atoms with van der Waals surface area (Å²) in [6.45, 7) is 0. The summed E-state index contributed by atoms with van der Waals surface area (Å²) in [5.41, 5.74) is 14.3. The van der Waals surface area contributed by atoms with Crippen molar-refractivity contribution in [3.05, 3.63) is 188 Å². The third-order valence-electron chi connectivity index (χ3n) is 9.61. The van der Waals surface area contributed by atoms with Gasteiger partial charge in [0.2, 0.25) is 0 Å². The van der Waals surface area contributed by atoms with Crippen molar-refractivity contribution in [2.75, 3.05) is 5.32 Å². The van der Waals surface area contributed by atoms with Crippen LogP contribution in [-0.4, -0.2) is 5.11 Å². The number of benzene rings is 8. The van der Waals surface area contributed by atoms with Crippen LogP contribution in [0.25, 0.3) is 77.6 Å². The van der Waals surface area contributed by atoms with E-state index in [0.717, 1.165) is 72.3 Å². The largest absolute Gasteiger partial charge is 0.507 e. The second-order valence-electron chi connectivity index (χ2n) is 12.8. The summed E-state index contributed by atoms with van der Waals surface area (Å²) >= 11 is 0. The zero-order valence-electron chi connectivity index (χ0n) is 27.8. The molecule has 0 aliphatic heterocycles. The zero-order chi connectivity index (χ0) is 34.1. The molecule has 0 spiro atoms. The lowest BCUT2D eigenvalue weighted by Gasteiger charge is -2.17. The molecule has 0 fully saturated rings. The molecule has 9 aromatic rings. The van der Waals surface area contributed by atoms with Crippen LogP contribution in [0.5, 0.6) is 5.75 Å². The highest BCUT2D eigenvalue weighted by Gasteiger charge is 2.16. The molecule has 9 rings (SSSR count). The Balaban J connectivity index is 1.01. The van der Waals surface area contributed by atoms with Gasteiger partial charge < -0.3 is 14.8 Å². The van der Waals surface area contributed by atoms with Gasteiger partial charge in [-0.1, -0.05) is 140 Å². The highest BCUT2D eigenvalue weighted by molar-refractivity contribution is 6.06. The van der Waals surface area contributed by atoms with E-state index >= 15 is 0 Å². The minimum Gasteiger partial charge on any atom is -0.507 e. The average molecular weight is 656 g/mol. The molecule has 1 heterocycles. The van der Waals surface area contributed by atoms with Crippen LogP contribution < -0.4 is 5.32 Å². The van der Waals surface area contributed by atoms with Crippen LogP contribution in [0.2, 0.25) is 0 Å². The monoisotopic (exact) mass is 655 g/mol. The molecule has 1 aromatic heterocycles. The lowest BCUT2D eigenvalue weighted by molar-refractivity contribution is 0.477. The Labute approximate surface area is 296 Å². The molecule has 0 saturated heterocycles. The van der Waals surface area contributed by atoms with Gasteiger partial charge in [0, 0.05) is 22.0 Å². The molecule has 0 saturated carbocycles. The van der Waals surface area contributed by atoms with Gasteiger partial charge in [-0.3, -0.25) is 0 Å². The Hall–Kier alpha value is -6.84. The Kier molecular flexibility index (Phi) is 7.64. The van der Waals surface area contributed by atoms with Crippen molar-refractivity contribution >= 4 is 33.3 Å². The molecule has 2 N–H and O–H groups in total. The van der Waals surface area contributed by atoms with E-state index in [9.17, 15) is 5.11 Å². The summed E-state index contributed by atoms with van der Waals surface area (Å²) in [4.78, 5) is 0. The number of phenols is 1. The number of rotatable bonds is 7. The normalized spacial score (nSPS) is 11.2. The van der Waals surface area contributed by atoms with E-state index in [1.165, 1.54) is 16.7 Å². The molecule has 0 unspecified atom stereocenters. The molecular formula is C48H33NO2. The molecule has 0 aliphatic carbocycles. The summed E-state index contributed by atoms with van der Waals surface area (Å²) in [5.74, 6) is 0.221. The Morgan fingerprint density at radius 1 is 0.373 bits per heavy atom. The van der Waals surface area contributed by atoms with Crippen molar-refractivity contribution in [2.45, 2.75) is 0 Å². The summed E-state index contributed by atoms with van der Waals surface area (Å²) in [7, 11) is 0. The number of furan rings is 1. The number of nitrogens with one attached hydrogen (secondary N) is 1. The summed E-state index contributed by atoms with van der Waals surface area (Å²) in [6, 6.07) is 64.6. The van der Waals surface area contributed by atoms with Crippen LogP contribution in [0.3, 0.4) is 0 Å². The van der Waals surface area contributed by atoms with Crippen molar-refractivity contribution < 1.29 is 9.52 Å².